The molecular weight excluding hydrogens is 469 g/mol. The summed E-state index contributed by atoms with van der Waals surface area (Å²) in [7, 11) is -2.70. The Bertz CT molecular complexity index is 1470. The molecular formula is C25H31FN5O3S-. The van der Waals surface area contributed by atoms with E-state index < -0.39 is 21.2 Å². The van der Waals surface area contributed by atoms with Crippen molar-refractivity contribution in [3.8, 4) is 0 Å². The van der Waals surface area contributed by atoms with E-state index in [1.54, 1.807) is 11.6 Å². The molecule has 3 aliphatic rings. The molecule has 8 nitrogen and oxygen atoms in total. The molecule has 2 fully saturated rings. The van der Waals surface area contributed by atoms with Crippen molar-refractivity contribution in [3.05, 3.63) is 62.2 Å². The first kappa shape index (κ1) is 24.0. The van der Waals surface area contributed by atoms with E-state index in [4.69, 9.17) is 0 Å². The number of rotatable bonds is 5. The molecule has 1 aliphatic heterocycles. The van der Waals surface area contributed by atoms with Gasteiger partial charge in [-0.2, -0.15) is 0 Å². The fourth-order valence-electron chi connectivity index (χ4n) is 5.75. The van der Waals surface area contributed by atoms with Crippen LogP contribution in [0, 0.1) is 11.7 Å². The van der Waals surface area contributed by atoms with Crippen molar-refractivity contribution in [2.45, 2.75) is 74.8 Å². The van der Waals surface area contributed by atoms with Crippen LogP contribution in [0.25, 0.3) is 10.4 Å². The second-order valence-corrected chi connectivity index (χ2v) is 11.8. The van der Waals surface area contributed by atoms with Crippen LogP contribution in [0.5, 0.6) is 0 Å². The maximum Gasteiger partial charge on any atom is 0.261 e. The van der Waals surface area contributed by atoms with Gasteiger partial charge in [0.1, 0.15) is 16.5 Å². The summed E-state index contributed by atoms with van der Waals surface area (Å²) in [6, 6.07) is 4.36. The Hall–Kier alpha value is -2.75. The van der Waals surface area contributed by atoms with Crippen LogP contribution >= 0.6 is 0 Å². The molecule has 188 valence electrons. The van der Waals surface area contributed by atoms with Crippen LogP contribution in [0.1, 0.15) is 63.8 Å². The van der Waals surface area contributed by atoms with Crippen molar-refractivity contribution in [2.75, 3.05) is 6.54 Å². The van der Waals surface area contributed by atoms with Crippen LogP contribution in [0.3, 0.4) is 0 Å². The molecule has 1 N–H and O–H groups in total. The summed E-state index contributed by atoms with van der Waals surface area (Å²) in [5.41, 5.74) is -0.648. The third kappa shape index (κ3) is 4.26. The Morgan fingerprint density at radius 2 is 1.74 bits per heavy atom. The molecule has 0 spiro atoms. The van der Waals surface area contributed by atoms with Crippen molar-refractivity contribution in [2.24, 2.45) is 18.0 Å². The van der Waals surface area contributed by atoms with Crippen LogP contribution in [0.2, 0.25) is 0 Å². The molecule has 0 unspecified atom stereocenters. The first-order chi connectivity index (χ1) is 16.8. The molecule has 2 atom stereocenters. The van der Waals surface area contributed by atoms with Crippen molar-refractivity contribution in [1.29, 1.82) is 0 Å². The minimum atomic E-state index is -4.26. The van der Waals surface area contributed by atoms with Gasteiger partial charge in [-0.05, 0) is 67.4 Å². The molecule has 2 aliphatic carbocycles. The number of sulfone groups is 1. The van der Waals surface area contributed by atoms with Gasteiger partial charge in [0.05, 0.1) is 16.2 Å². The van der Waals surface area contributed by atoms with E-state index in [2.05, 4.69) is 10.3 Å². The number of halogens is 1. The SMILES string of the molecule is Cn1c(=O)/c(=C(/NCC2CCCCC2)S(=O)(=O)c2ccc(F)cc2)c(=[N-])n2c1=N[C@@H]1CCCC[C@@H]12. The summed E-state index contributed by atoms with van der Waals surface area (Å²) in [6.07, 6.45) is 8.94. The number of fused-ring (bicyclic) bond motifs is 3. The number of nitrogens with zero attached hydrogens (tertiary/aromatic N) is 4. The number of hydrogen-bond acceptors (Lipinski definition) is 5. The van der Waals surface area contributed by atoms with Crippen LogP contribution in [-0.2, 0) is 16.9 Å². The highest BCUT2D eigenvalue weighted by Gasteiger charge is 2.30. The second kappa shape index (κ2) is 9.37. The van der Waals surface area contributed by atoms with Gasteiger partial charge in [-0.3, -0.25) is 14.4 Å². The highest BCUT2D eigenvalue weighted by atomic mass is 32.2. The predicted molar refractivity (Wildman–Crippen MR) is 130 cm³/mol. The quantitative estimate of drug-likeness (QED) is 0.630. The number of benzene rings is 1. The average molecular weight is 501 g/mol. The molecule has 0 amide bonds. The first-order valence-corrected chi connectivity index (χ1v) is 14.0. The minimum Gasteiger partial charge on any atom is -0.464 e. The Kier molecular flexibility index (Phi) is 6.41. The summed E-state index contributed by atoms with van der Waals surface area (Å²) >= 11 is 0. The van der Waals surface area contributed by atoms with Gasteiger partial charge in [-0.15, -0.1) is 0 Å². The van der Waals surface area contributed by atoms with Crippen LogP contribution in [-0.4, -0.2) is 30.1 Å². The van der Waals surface area contributed by atoms with E-state index in [1.807, 2.05) is 0 Å². The van der Waals surface area contributed by atoms with Gasteiger partial charge in [0.15, 0.2) is 0 Å². The van der Waals surface area contributed by atoms with E-state index >= 15 is 0 Å². The fourth-order valence-corrected chi connectivity index (χ4v) is 7.20. The van der Waals surface area contributed by atoms with Crippen molar-refractivity contribution < 1.29 is 12.8 Å². The third-order valence-electron chi connectivity index (χ3n) is 7.69. The smallest absolute Gasteiger partial charge is 0.261 e. The molecule has 2 saturated carbocycles. The highest BCUT2D eigenvalue weighted by Crippen LogP contribution is 2.31. The van der Waals surface area contributed by atoms with Gasteiger partial charge < -0.3 is 15.3 Å². The molecule has 0 saturated heterocycles. The monoisotopic (exact) mass is 500 g/mol. The molecule has 2 aromatic rings. The largest absolute Gasteiger partial charge is 0.464 e. The van der Waals surface area contributed by atoms with Crippen LogP contribution < -0.4 is 27.2 Å². The number of hydrogen-bond donors (Lipinski definition) is 1. The normalized spacial score (nSPS) is 23.3. The molecule has 5 rings (SSSR count). The Morgan fingerprint density at radius 1 is 1.09 bits per heavy atom. The fraction of sp³-hybridized carbons (Fsp3) is 0.560. The van der Waals surface area contributed by atoms with E-state index in [9.17, 15) is 23.0 Å². The summed E-state index contributed by atoms with van der Waals surface area (Å²) in [4.78, 5) is 18.1. The van der Waals surface area contributed by atoms with E-state index in [1.165, 1.54) is 16.7 Å². The van der Waals surface area contributed by atoms with Crippen molar-refractivity contribution in [1.82, 2.24) is 14.5 Å². The molecule has 1 aromatic heterocycles. The highest BCUT2D eigenvalue weighted by molar-refractivity contribution is 8.00. The molecule has 0 radical (unpaired) electrons. The molecule has 0 bridgehead atoms. The molecule has 2 heterocycles. The molecule has 1 aromatic carbocycles. The Balaban J connectivity index is 1.74. The van der Waals surface area contributed by atoms with Crippen molar-refractivity contribution >= 4 is 14.9 Å². The van der Waals surface area contributed by atoms with Gasteiger partial charge >= 0.3 is 0 Å². The van der Waals surface area contributed by atoms with Crippen LogP contribution in [0.4, 0.5) is 4.39 Å². The first-order valence-electron chi connectivity index (χ1n) is 12.5. The summed E-state index contributed by atoms with van der Waals surface area (Å²) < 4.78 is 44.1. The lowest BCUT2D eigenvalue weighted by molar-refractivity contribution is 0.324. The van der Waals surface area contributed by atoms with Crippen LogP contribution in [0.15, 0.2) is 38.9 Å². The van der Waals surface area contributed by atoms with E-state index in [0.29, 0.717) is 12.2 Å². The van der Waals surface area contributed by atoms with Gasteiger partial charge in [0.2, 0.25) is 9.84 Å². The standard InChI is InChI=1S/C25H31FN5O3S/c1-30-24(32)21(22(27)31-20-10-6-5-9-19(20)29-25(30)31)23(28-15-16-7-3-2-4-8-16)35(33,34)18-13-11-17(26)12-14-18/h11-14,16,19-20,28H,2-10,15H2,1H3/q-1/b23-21-/t19-,20+/m1/s1. The molecule has 10 heteroatoms. The van der Waals surface area contributed by atoms with Crippen molar-refractivity contribution in [3.63, 3.8) is 0 Å². The zero-order chi connectivity index (χ0) is 24.7. The zero-order valence-electron chi connectivity index (χ0n) is 19.9. The lowest BCUT2D eigenvalue weighted by atomic mass is 9.89. The molecule has 35 heavy (non-hydrogen) atoms. The number of nitrogens with one attached hydrogen (secondary N) is 1. The topological polar surface area (TPSA) is 108 Å². The van der Waals surface area contributed by atoms with Gasteiger partial charge in [-0.25, -0.2) is 12.8 Å². The average Bonchev–Trinajstić information content (AvgIpc) is 3.25. The van der Waals surface area contributed by atoms with Gasteiger partial charge in [-0.1, -0.05) is 32.1 Å². The second-order valence-electron chi connectivity index (χ2n) is 9.95. The van der Waals surface area contributed by atoms with Gasteiger partial charge in [0.25, 0.3) is 5.56 Å². The number of aromatic nitrogens is 2. The third-order valence-corrected chi connectivity index (χ3v) is 9.47. The Labute approximate surface area is 203 Å². The lowest BCUT2D eigenvalue weighted by Gasteiger charge is -2.30. The van der Waals surface area contributed by atoms with E-state index in [0.717, 1.165) is 69.9 Å². The van der Waals surface area contributed by atoms with E-state index in [-0.39, 0.29) is 38.6 Å². The maximum atomic E-state index is 13.8. The summed E-state index contributed by atoms with van der Waals surface area (Å²) in [5.74, 6) is -0.287. The zero-order valence-corrected chi connectivity index (χ0v) is 20.7. The van der Waals surface area contributed by atoms with Gasteiger partial charge in [0, 0.05) is 13.6 Å². The minimum absolute atomic E-state index is 0.0390. The Morgan fingerprint density at radius 3 is 2.46 bits per heavy atom. The lowest BCUT2D eigenvalue weighted by Crippen LogP contribution is -2.59. The maximum absolute atomic E-state index is 13.8. The summed E-state index contributed by atoms with van der Waals surface area (Å²) in [5, 5.41) is 13.9. The predicted octanol–water partition coefficient (Wildman–Crippen LogP) is 1.62. The summed E-state index contributed by atoms with van der Waals surface area (Å²) in [6.45, 7) is 0.372.